The maximum absolute atomic E-state index is 13.0. The summed E-state index contributed by atoms with van der Waals surface area (Å²) in [4.78, 5) is 17.4. The van der Waals surface area contributed by atoms with Gasteiger partial charge in [-0.15, -0.1) is 11.3 Å². The second-order valence-electron chi connectivity index (χ2n) is 10.3. The SMILES string of the molecule is C/C=C(C)/C=C(\C)CC(C)C(O)C(O)C1C/C=C\C=C\C(O)CC(O)C(CO)c2nc(cs2)/C=C(\C)C(=O)O1. The van der Waals surface area contributed by atoms with Crippen LogP contribution < -0.4 is 0 Å². The van der Waals surface area contributed by atoms with Crippen molar-refractivity contribution >= 4 is 23.4 Å². The molecule has 0 aromatic carbocycles. The third-order valence-electron chi connectivity index (χ3n) is 6.78. The molecule has 2 heterocycles. The van der Waals surface area contributed by atoms with Crippen molar-refractivity contribution < 1.29 is 35.1 Å². The fourth-order valence-electron chi connectivity index (χ4n) is 4.36. The number of cyclic esters (lactones) is 1. The lowest BCUT2D eigenvalue weighted by molar-refractivity contribution is -0.156. The van der Waals surface area contributed by atoms with Crippen LogP contribution >= 0.6 is 11.3 Å². The molecule has 0 fully saturated rings. The highest BCUT2D eigenvalue weighted by Gasteiger charge is 2.32. The van der Waals surface area contributed by atoms with Gasteiger partial charge in [0.2, 0.25) is 0 Å². The van der Waals surface area contributed by atoms with E-state index in [2.05, 4.69) is 4.98 Å². The highest BCUT2D eigenvalue weighted by molar-refractivity contribution is 7.09. The molecule has 1 aromatic rings. The Bertz CT molecular complexity index is 1090. The van der Waals surface area contributed by atoms with E-state index >= 15 is 0 Å². The van der Waals surface area contributed by atoms with Gasteiger partial charge in [0.05, 0.1) is 36.5 Å². The van der Waals surface area contributed by atoms with Crippen LogP contribution in [-0.4, -0.2) is 73.6 Å². The maximum Gasteiger partial charge on any atom is 0.334 e. The van der Waals surface area contributed by atoms with Crippen LogP contribution in [0.25, 0.3) is 6.08 Å². The van der Waals surface area contributed by atoms with Crippen LogP contribution in [-0.2, 0) is 9.53 Å². The van der Waals surface area contributed by atoms with Gasteiger partial charge in [0.1, 0.15) is 17.2 Å². The number of rotatable bonds is 7. The van der Waals surface area contributed by atoms with E-state index in [0.29, 0.717) is 17.1 Å². The molecule has 1 aliphatic rings. The summed E-state index contributed by atoms with van der Waals surface area (Å²) in [7, 11) is 0. The number of fused-ring (bicyclic) bond motifs is 2. The van der Waals surface area contributed by atoms with Gasteiger partial charge in [-0.25, -0.2) is 9.78 Å². The van der Waals surface area contributed by atoms with Gasteiger partial charge in [0.15, 0.2) is 0 Å². The number of carbonyl (C=O) groups is 1. The highest BCUT2D eigenvalue weighted by Crippen LogP contribution is 2.27. The standard InChI is InChI=1S/C30H43NO7S/c1-6-18(2)12-19(3)13-20(4)27(35)28(36)26-11-9-7-8-10-23(33)15-25(34)24(16-32)29-31-22(17-39-29)14-21(5)30(37)38-26/h6-10,12,14,17,20,23-28,32-36H,11,13,15-16H2,1-5H3/b9-7-,10-8+,18-6+,19-12+,21-14+. The lowest BCUT2D eigenvalue weighted by atomic mass is 9.89. The number of nitrogens with zero attached hydrogens (tertiary/aromatic N) is 1. The Morgan fingerprint density at radius 2 is 1.97 bits per heavy atom. The number of allylic oxidation sites excluding steroid dienone is 6. The fraction of sp³-hybridized carbons (Fsp3) is 0.533. The Balaban J connectivity index is 2.32. The summed E-state index contributed by atoms with van der Waals surface area (Å²) < 4.78 is 5.67. The molecule has 0 aliphatic carbocycles. The van der Waals surface area contributed by atoms with E-state index in [0.717, 1.165) is 11.1 Å². The lowest BCUT2D eigenvalue weighted by Gasteiger charge is -2.30. The van der Waals surface area contributed by atoms with Crippen LogP contribution in [0.4, 0.5) is 0 Å². The maximum atomic E-state index is 13.0. The zero-order valence-electron chi connectivity index (χ0n) is 23.4. The Morgan fingerprint density at radius 3 is 2.64 bits per heavy atom. The summed E-state index contributed by atoms with van der Waals surface area (Å²) in [6, 6.07) is 0. The predicted molar refractivity (Wildman–Crippen MR) is 154 cm³/mol. The van der Waals surface area contributed by atoms with Crippen LogP contribution in [0.2, 0.25) is 0 Å². The molecule has 0 amide bonds. The minimum absolute atomic E-state index is 0.00774. The molecule has 8 nitrogen and oxygen atoms in total. The Hall–Kier alpha value is -2.40. The summed E-state index contributed by atoms with van der Waals surface area (Å²) in [5.41, 5.74) is 2.88. The zero-order valence-corrected chi connectivity index (χ0v) is 24.2. The number of ether oxygens (including phenoxy) is 1. The van der Waals surface area contributed by atoms with Crippen molar-refractivity contribution in [2.75, 3.05) is 6.61 Å². The van der Waals surface area contributed by atoms with E-state index in [4.69, 9.17) is 4.74 Å². The largest absolute Gasteiger partial charge is 0.456 e. The van der Waals surface area contributed by atoms with E-state index < -0.39 is 42.4 Å². The van der Waals surface area contributed by atoms with Gasteiger partial charge in [-0.1, -0.05) is 54.5 Å². The summed E-state index contributed by atoms with van der Waals surface area (Å²) >= 11 is 1.24. The molecule has 0 spiro atoms. The number of carbonyl (C=O) groups excluding carboxylic acids is 1. The smallest absolute Gasteiger partial charge is 0.334 e. The van der Waals surface area contributed by atoms with Crippen LogP contribution in [0, 0.1) is 5.92 Å². The lowest BCUT2D eigenvalue weighted by Crippen LogP contribution is -2.43. The minimum atomic E-state index is -1.33. The van der Waals surface area contributed by atoms with Crippen molar-refractivity contribution in [3.05, 3.63) is 69.3 Å². The molecular weight excluding hydrogens is 518 g/mol. The molecule has 7 unspecified atom stereocenters. The highest BCUT2D eigenvalue weighted by atomic mass is 32.1. The van der Waals surface area contributed by atoms with E-state index in [9.17, 15) is 30.3 Å². The van der Waals surface area contributed by atoms with Gasteiger partial charge in [0.25, 0.3) is 0 Å². The van der Waals surface area contributed by atoms with Crippen LogP contribution in [0.1, 0.15) is 70.5 Å². The molecule has 7 atom stereocenters. The molecule has 1 aliphatic heterocycles. The normalized spacial score (nSPS) is 29.4. The molecule has 0 saturated carbocycles. The number of hydrogen-bond acceptors (Lipinski definition) is 9. The van der Waals surface area contributed by atoms with Gasteiger partial charge in [-0.2, -0.15) is 0 Å². The Morgan fingerprint density at radius 1 is 1.26 bits per heavy atom. The van der Waals surface area contributed by atoms with Crippen LogP contribution in [0.3, 0.4) is 0 Å². The topological polar surface area (TPSA) is 140 Å². The molecule has 2 bridgehead atoms. The van der Waals surface area contributed by atoms with Crippen LogP contribution in [0.5, 0.6) is 0 Å². The predicted octanol–water partition coefficient (Wildman–Crippen LogP) is 3.82. The molecule has 216 valence electrons. The van der Waals surface area contributed by atoms with Crippen molar-refractivity contribution in [2.24, 2.45) is 5.92 Å². The first-order valence-corrected chi connectivity index (χ1v) is 14.2. The molecule has 0 radical (unpaired) electrons. The number of esters is 1. The molecule has 9 heteroatoms. The Labute approximate surface area is 235 Å². The van der Waals surface area contributed by atoms with Crippen molar-refractivity contribution in [3.8, 4) is 0 Å². The van der Waals surface area contributed by atoms with Crippen molar-refractivity contribution in [1.82, 2.24) is 4.98 Å². The van der Waals surface area contributed by atoms with Gasteiger partial charge in [-0.3, -0.25) is 0 Å². The number of aromatic nitrogens is 1. The molecular formula is C30H43NO7S. The summed E-state index contributed by atoms with van der Waals surface area (Å²) in [5.74, 6) is -1.63. The quantitative estimate of drug-likeness (QED) is 0.250. The van der Waals surface area contributed by atoms with Gasteiger partial charge in [-0.05, 0) is 46.1 Å². The van der Waals surface area contributed by atoms with Crippen LogP contribution in [0.15, 0.2) is 58.6 Å². The zero-order chi connectivity index (χ0) is 29.1. The van der Waals surface area contributed by atoms with Gasteiger partial charge in [0, 0.05) is 23.8 Å². The molecule has 0 saturated heterocycles. The van der Waals surface area contributed by atoms with E-state index in [1.807, 2.05) is 39.8 Å². The first kappa shape index (κ1) is 32.8. The monoisotopic (exact) mass is 561 g/mol. The fourth-order valence-corrected chi connectivity index (χ4v) is 5.29. The first-order valence-electron chi connectivity index (χ1n) is 13.3. The summed E-state index contributed by atoms with van der Waals surface area (Å²) in [5, 5.41) is 54.9. The van der Waals surface area contributed by atoms with Gasteiger partial charge >= 0.3 is 5.97 Å². The number of aliphatic hydroxyl groups excluding tert-OH is 5. The van der Waals surface area contributed by atoms with E-state index in [1.165, 1.54) is 23.5 Å². The van der Waals surface area contributed by atoms with E-state index in [-0.39, 0.29) is 30.9 Å². The Kier molecular flexibility index (Phi) is 13.5. The number of aliphatic hydroxyl groups is 5. The van der Waals surface area contributed by atoms with Crippen molar-refractivity contribution in [2.45, 2.75) is 90.3 Å². The second-order valence-corrected chi connectivity index (χ2v) is 11.2. The molecule has 5 N–H and O–H groups in total. The average molecular weight is 562 g/mol. The summed E-state index contributed by atoms with van der Waals surface area (Å²) in [6.45, 7) is 8.99. The first-order chi connectivity index (χ1) is 18.5. The third-order valence-corrected chi connectivity index (χ3v) is 7.78. The van der Waals surface area contributed by atoms with Crippen molar-refractivity contribution in [1.29, 1.82) is 0 Å². The number of thiazole rings is 1. The van der Waals surface area contributed by atoms with E-state index in [1.54, 1.807) is 30.5 Å². The minimum Gasteiger partial charge on any atom is -0.456 e. The van der Waals surface area contributed by atoms with Gasteiger partial charge < -0.3 is 30.3 Å². The molecule has 2 rings (SSSR count). The third kappa shape index (κ3) is 10.3. The second kappa shape index (κ2) is 16.0. The molecule has 39 heavy (non-hydrogen) atoms. The molecule has 1 aromatic heterocycles. The van der Waals surface area contributed by atoms with Crippen molar-refractivity contribution in [3.63, 3.8) is 0 Å². The summed E-state index contributed by atoms with van der Waals surface area (Å²) in [6.07, 6.45) is 7.21. The number of hydrogen-bond donors (Lipinski definition) is 5. The average Bonchev–Trinajstić information content (AvgIpc) is 3.34.